The Hall–Kier alpha value is -1.43. The first-order valence-electron chi connectivity index (χ1n) is 8.22. The molecular weight excluding hydrogens is 280 g/mol. The van der Waals surface area contributed by atoms with Crippen molar-refractivity contribution in [2.75, 3.05) is 13.1 Å². The van der Waals surface area contributed by atoms with Crippen LogP contribution in [0.1, 0.15) is 70.5 Å². The van der Waals surface area contributed by atoms with Gasteiger partial charge >= 0.3 is 0 Å². The molecule has 1 unspecified atom stereocenters. The Balaban J connectivity index is 1.71. The molecule has 6 nitrogen and oxygen atoms in total. The molecule has 2 fully saturated rings. The average Bonchev–Trinajstić information content (AvgIpc) is 2.93. The number of nitrogens with zero attached hydrogens (tertiary/aromatic N) is 3. The maximum absolute atomic E-state index is 12.5. The van der Waals surface area contributed by atoms with E-state index < -0.39 is 5.54 Å². The lowest BCUT2D eigenvalue weighted by Crippen LogP contribution is -2.45. The van der Waals surface area contributed by atoms with Gasteiger partial charge in [0.25, 0.3) is 0 Å². The lowest BCUT2D eigenvalue weighted by atomic mass is 9.77. The largest absolute Gasteiger partial charge is 0.341 e. The zero-order valence-corrected chi connectivity index (χ0v) is 13.8. The van der Waals surface area contributed by atoms with Crippen LogP contribution in [0.5, 0.6) is 0 Å². The van der Waals surface area contributed by atoms with Crippen molar-refractivity contribution in [1.29, 1.82) is 0 Å². The fourth-order valence-electron chi connectivity index (χ4n) is 3.22. The van der Waals surface area contributed by atoms with Crippen molar-refractivity contribution in [2.45, 2.75) is 64.3 Å². The van der Waals surface area contributed by atoms with Crippen LogP contribution < -0.4 is 5.73 Å². The molecule has 3 rings (SSSR count). The van der Waals surface area contributed by atoms with Gasteiger partial charge in [-0.2, -0.15) is 4.98 Å². The monoisotopic (exact) mass is 306 g/mol. The zero-order chi connectivity index (χ0) is 16.0. The van der Waals surface area contributed by atoms with E-state index in [0.29, 0.717) is 18.3 Å². The minimum atomic E-state index is -0.392. The van der Waals surface area contributed by atoms with Crippen LogP contribution in [0.2, 0.25) is 0 Å². The van der Waals surface area contributed by atoms with Gasteiger partial charge in [0.05, 0.1) is 11.5 Å². The summed E-state index contributed by atoms with van der Waals surface area (Å²) >= 11 is 0. The summed E-state index contributed by atoms with van der Waals surface area (Å²) in [6.45, 7) is 7.35. The van der Waals surface area contributed by atoms with Gasteiger partial charge in [-0.3, -0.25) is 4.79 Å². The minimum absolute atomic E-state index is 0.130. The Labute approximate surface area is 131 Å². The molecule has 1 saturated carbocycles. The van der Waals surface area contributed by atoms with Crippen LogP contribution in [0.3, 0.4) is 0 Å². The highest BCUT2D eigenvalue weighted by molar-refractivity contribution is 5.81. The van der Waals surface area contributed by atoms with Crippen molar-refractivity contribution >= 4 is 5.91 Å². The van der Waals surface area contributed by atoms with Gasteiger partial charge in [0.15, 0.2) is 5.82 Å². The molecule has 2 N–H and O–H groups in total. The van der Waals surface area contributed by atoms with Crippen LogP contribution in [-0.4, -0.2) is 34.0 Å². The standard InChI is InChI=1S/C16H26N4O2/c1-15(2,3)14(21)20-9-4-6-11(10-20)12-18-13(19-22-12)16(17)7-5-8-16/h11H,4-10,17H2,1-3H3. The fourth-order valence-corrected chi connectivity index (χ4v) is 3.22. The molecule has 1 aliphatic carbocycles. The molecule has 22 heavy (non-hydrogen) atoms. The first-order chi connectivity index (χ1) is 10.3. The molecule has 1 aromatic heterocycles. The minimum Gasteiger partial charge on any atom is -0.341 e. The topological polar surface area (TPSA) is 85.2 Å². The van der Waals surface area contributed by atoms with Crippen molar-refractivity contribution in [3.63, 3.8) is 0 Å². The van der Waals surface area contributed by atoms with Crippen LogP contribution in [0.15, 0.2) is 4.52 Å². The molecular formula is C16H26N4O2. The van der Waals surface area contributed by atoms with Gasteiger partial charge in [0, 0.05) is 18.5 Å². The van der Waals surface area contributed by atoms with Gasteiger partial charge < -0.3 is 15.2 Å². The van der Waals surface area contributed by atoms with Crippen molar-refractivity contribution < 1.29 is 9.32 Å². The molecule has 0 spiro atoms. The second-order valence-electron chi connectivity index (χ2n) is 7.81. The molecule has 1 amide bonds. The molecule has 1 atom stereocenters. The van der Waals surface area contributed by atoms with Crippen LogP contribution in [0.4, 0.5) is 0 Å². The lowest BCUT2D eigenvalue weighted by molar-refractivity contribution is -0.140. The normalized spacial score (nSPS) is 24.9. The van der Waals surface area contributed by atoms with E-state index in [0.717, 1.165) is 38.6 Å². The molecule has 2 heterocycles. The molecule has 0 aromatic carbocycles. The van der Waals surface area contributed by atoms with Gasteiger partial charge in [-0.05, 0) is 32.1 Å². The summed E-state index contributed by atoms with van der Waals surface area (Å²) in [6.07, 6.45) is 4.92. The maximum Gasteiger partial charge on any atom is 0.231 e. The highest BCUT2D eigenvalue weighted by atomic mass is 16.5. The van der Waals surface area contributed by atoms with Crippen molar-refractivity contribution in [3.05, 3.63) is 11.7 Å². The number of carbonyl (C=O) groups is 1. The van der Waals surface area contributed by atoms with Crippen molar-refractivity contribution in [3.8, 4) is 0 Å². The smallest absolute Gasteiger partial charge is 0.231 e. The Morgan fingerprint density at radius 2 is 2.09 bits per heavy atom. The number of rotatable bonds is 2. The fraction of sp³-hybridized carbons (Fsp3) is 0.812. The van der Waals surface area contributed by atoms with Gasteiger partial charge in [0.2, 0.25) is 11.8 Å². The third-order valence-corrected chi connectivity index (χ3v) is 4.83. The lowest BCUT2D eigenvalue weighted by Gasteiger charge is -2.35. The van der Waals surface area contributed by atoms with Crippen LogP contribution in [0.25, 0.3) is 0 Å². The van der Waals surface area contributed by atoms with E-state index in [-0.39, 0.29) is 17.2 Å². The molecule has 1 saturated heterocycles. The molecule has 6 heteroatoms. The number of nitrogens with two attached hydrogens (primary N) is 1. The summed E-state index contributed by atoms with van der Waals surface area (Å²) in [5.74, 6) is 1.59. The summed E-state index contributed by atoms with van der Waals surface area (Å²) < 4.78 is 5.46. The van der Waals surface area contributed by atoms with E-state index in [1.165, 1.54) is 0 Å². The number of likely N-dealkylation sites (tertiary alicyclic amines) is 1. The van der Waals surface area contributed by atoms with Crippen LogP contribution in [-0.2, 0) is 10.3 Å². The summed E-state index contributed by atoms with van der Waals surface area (Å²) in [5.41, 5.74) is 5.51. The van der Waals surface area contributed by atoms with Gasteiger partial charge in [-0.1, -0.05) is 25.9 Å². The summed E-state index contributed by atoms with van der Waals surface area (Å²) in [5, 5.41) is 4.09. The third-order valence-electron chi connectivity index (χ3n) is 4.83. The Bertz CT molecular complexity index is 557. The Morgan fingerprint density at radius 3 is 2.68 bits per heavy atom. The molecule has 1 aromatic rings. The number of hydrogen-bond acceptors (Lipinski definition) is 5. The van der Waals surface area contributed by atoms with Crippen molar-refractivity contribution in [1.82, 2.24) is 15.0 Å². The summed E-state index contributed by atoms with van der Waals surface area (Å²) in [4.78, 5) is 18.9. The molecule has 0 radical (unpaired) electrons. The van der Waals surface area contributed by atoms with Gasteiger partial charge in [-0.15, -0.1) is 0 Å². The summed E-state index contributed by atoms with van der Waals surface area (Å²) in [6, 6.07) is 0. The molecule has 1 aliphatic heterocycles. The third kappa shape index (κ3) is 2.76. The predicted octanol–water partition coefficient (Wildman–Crippen LogP) is 2.16. The van der Waals surface area contributed by atoms with Crippen molar-refractivity contribution in [2.24, 2.45) is 11.1 Å². The van der Waals surface area contributed by atoms with E-state index in [4.69, 9.17) is 10.3 Å². The van der Waals surface area contributed by atoms with Gasteiger partial charge in [-0.25, -0.2) is 0 Å². The Kier molecular flexibility index (Phi) is 3.75. The first-order valence-corrected chi connectivity index (χ1v) is 8.22. The van der Waals surface area contributed by atoms with Gasteiger partial charge in [0.1, 0.15) is 0 Å². The number of piperidine rings is 1. The number of aromatic nitrogens is 2. The van der Waals surface area contributed by atoms with E-state index in [9.17, 15) is 4.79 Å². The highest BCUT2D eigenvalue weighted by Gasteiger charge is 2.40. The number of amides is 1. The molecule has 2 aliphatic rings. The summed E-state index contributed by atoms with van der Waals surface area (Å²) in [7, 11) is 0. The quantitative estimate of drug-likeness (QED) is 0.905. The van der Waals surface area contributed by atoms with E-state index in [2.05, 4.69) is 10.1 Å². The van der Waals surface area contributed by atoms with E-state index in [1.54, 1.807) is 0 Å². The SMILES string of the molecule is CC(C)(C)C(=O)N1CCCC(c2nc(C3(N)CCC3)no2)C1. The Morgan fingerprint density at radius 1 is 1.36 bits per heavy atom. The second-order valence-corrected chi connectivity index (χ2v) is 7.81. The highest BCUT2D eigenvalue weighted by Crippen LogP contribution is 2.38. The zero-order valence-electron chi connectivity index (χ0n) is 13.8. The molecule has 122 valence electrons. The maximum atomic E-state index is 12.5. The van der Waals surface area contributed by atoms with Crippen LogP contribution in [0, 0.1) is 5.41 Å². The first kappa shape index (κ1) is 15.5. The predicted molar refractivity (Wildman–Crippen MR) is 82.0 cm³/mol. The average molecular weight is 306 g/mol. The van der Waals surface area contributed by atoms with E-state index in [1.807, 2.05) is 25.7 Å². The van der Waals surface area contributed by atoms with E-state index >= 15 is 0 Å². The number of carbonyl (C=O) groups excluding carboxylic acids is 1. The number of hydrogen-bond donors (Lipinski definition) is 1. The molecule has 0 bridgehead atoms. The second kappa shape index (κ2) is 5.33. The van der Waals surface area contributed by atoms with Crippen LogP contribution >= 0.6 is 0 Å².